The second kappa shape index (κ2) is 10.6. The fourth-order valence-electron chi connectivity index (χ4n) is 4.49. The van der Waals surface area contributed by atoms with Crippen molar-refractivity contribution < 1.29 is 19.8 Å². The molecule has 0 aliphatic heterocycles. The summed E-state index contributed by atoms with van der Waals surface area (Å²) in [4.78, 5) is 24.7. The SMILES string of the molecule is CCCCCC(C)=C(C(=O)O)C(CCCC)(C(=O)O)C1CCCCC1. The van der Waals surface area contributed by atoms with Gasteiger partial charge in [-0.1, -0.05) is 64.4 Å². The molecule has 1 unspecified atom stereocenters. The van der Waals surface area contributed by atoms with Gasteiger partial charge in [0.15, 0.2) is 0 Å². The van der Waals surface area contributed by atoms with Crippen molar-refractivity contribution in [2.45, 2.75) is 97.8 Å². The Balaban J connectivity index is 3.38. The third-order valence-electron chi connectivity index (χ3n) is 5.85. The minimum atomic E-state index is -1.22. The number of allylic oxidation sites excluding steroid dienone is 1. The van der Waals surface area contributed by atoms with Crippen LogP contribution in [0, 0.1) is 11.3 Å². The maximum Gasteiger partial charge on any atom is 0.332 e. The Morgan fingerprint density at radius 3 is 2.04 bits per heavy atom. The van der Waals surface area contributed by atoms with Crippen LogP contribution in [0.15, 0.2) is 11.1 Å². The second-order valence-corrected chi connectivity index (χ2v) is 7.63. The van der Waals surface area contributed by atoms with Crippen LogP contribution in [0.1, 0.15) is 97.8 Å². The predicted octanol–water partition coefficient (Wildman–Crippen LogP) is 5.81. The molecule has 0 bridgehead atoms. The van der Waals surface area contributed by atoms with Crippen LogP contribution in [-0.4, -0.2) is 22.2 Å². The average molecular weight is 353 g/mol. The molecule has 0 spiro atoms. The van der Waals surface area contributed by atoms with Crippen LogP contribution in [0.5, 0.6) is 0 Å². The highest BCUT2D eigenvalue weighted by atomic mass is 16.4. The second-order valence-electron chi connectivity index (χ2n) is 7.63. The fraction of sp³-hybridized carbons (Fsp3) is 0.810. The lowest BCUT2D eigenvalue weighted by Crippen LogP contribution is -2.44. The van der Waals surface area contributed by atoms with E-state index in [9.17, 15) is 19.8 Å². The van der Waals surface area contributed by atoms with E-state index in [-0.39, 0.29) is 11.5 Å². The zero-order valence-electron chi connectivity index (χ0n) is 16.3. The molecule has 1 rings (SSSR count). The summed E-state index contributed by atoms with van der Waals surface area (Å²) < 4.78 is 0. The Morgan fingerprint density at radius 2 is 1.56 bits per heavy atom. The number of unbranched alkanes of at least 4 members (excludes halogenated alkanes) is 3. The summed E-state index contributed by atoms with van der Waals surface area (Å²) in [6, 6.07) is 0. The van der Waals surface area contributed by atoms with E-state index in [1.165, 1.54) is 0 Å². The molecule has 1 atom stereocenters. The largest absolute Gasteiger partial charge is 0.481 e. The van der Waals surface area contributed by atoms with Crippen LogP contribution in [0.2, 0.25) is 0 Å². The highest BCUT2D eigenvalue weighted by molar-refractivity contribution is 5.97. The van der Waals surface area contributed by atoms with E-state index in [0.717, 1.165) is 69.8 Å². The molecule has 0 heterocycles. The van der Waals surface area contributed by atoms with Crippen LogP contribution in [0.3, 0.4) is 0 Å². The number of rotatable bonds is 11. The van der Waals surface area contributed by atoms with Gasteiger partial charge in [0.1, 0.15) is 5.41 Å². The first kappa shape index (κ1) is 21.7. The van der Waals surface area contributed by atoms with E-state index < -0.39 is 17.4 Å². The topological polar surface area (TPSA) is 74.6 Å². The summed E-state index contributed by atoms with van der Waals surface area (Å²) in [5.41, 5.74) is -0.264. The molecule has 0 aromatic carbocycles. The summed E-state index contributed by atoms with van der Waals surface area (Å²) in [6.07, 6.45) is 10.6. The summed E-state index contributed by atoms with van der Waals surface area (Å²) >= 11 is 0. The first-order valence-electron chi connectivity index (χ1n) is 10.1. The molecule has 0 aromatic rings. The van der Waals surface area contributed by atoms with Gasteiger partial charge in [0.05, 0.1) is 5.57 Å². The van der Waals surface area contributed by atoms with Crippen molar-refractivity contribution in [3.63, 3.8) is 0 Å². The number of hydrogen-bond acceptors (Lipinski definition) is 2. The first-order chi connectivity index (χ1) is 11.9. The Bertz CT molecular complexity index is 474. The number of carboxylic acid groups (broad SMARTS) is 2. The van der Waals surface area contributed by atoms with Crippen LogP contribution < -0.4 is 0 Å². The number of carbonyl (C=O) groups is 2. The predicted molar refractivity (Wildman–Crippen MR) is 101 cm³/mol. The molecule has 1 saturated carbocycles. The fourth-order valence-corrected chi connectivity index (χ4v) is 4.49. The average Bonchev–Trinajstić information content (AvgIpc) is 2.58. The highest BCUT2D eigenvalue weighted by Crippen LogP contribution is 2.49. The molecule has 144 valence electrons. The maximum absolute atomic E-state index is 12.5. The first-order valence-corrected chi connectivity index (χ1v) is 10.1. The van der Waals surface area contributed by atoms with Crippen LogP contribution in [0.4, 0.5) is 0 Å². The van der Waals surface area contributed by atoms with E-state index in [1.54, 1.807) is 0 Å². The molecule has 1 fully saturated rings. The lowest BCUT2D eigenvalue weighted by atomic mass is 9.61. The van der Waals surface area contributed by atoms with Gasteiger partial charge in [0.25, 0.3) is 0 Å². The third-order valence-corrected chi connectivity index (χ3v) is 5.85. The van der Waals surface area contributed by atoms with Gasteiger partial charge in [-0.15, -0.1) is 0 Å². The smallest absolute Gasteiger partial charge is 0.332 e. The quantitative estimate of drug-likeness (QED) is 0.363. The maximum atomic E-state index is 12.5. The van der Waals surface area contributed by atoms with Crippen molar-refractivity contribution in [2.24, 2.45) is 11.3 Å². The van der Waals surface area contributed by atoms with E-state index in [1.807, 2.05) is 13.8 Å². The van der Waals surface area contributed by atoms with Crippen LogP contribution in [-0.2, 0) is 9.59 Å². The highest BCUT2D eigenvalue weighted by Gasteiger charge is 2.51. The van der Waals surface area contributed by atoms with Gasteiger partial charge in [-0.2, -0.15) is 0 Å². The van der Waals surface area contributed by atoms with Gasteiger partial charge in [-0.3, -0.25) is 4.79 Å². The molecule has 4 nitrogen and oxygen atoms in total. The molecular weight excluding hydrogens is 316 g/mol. The van der Waals surface area contributed by atoms with Crippen molar-refractivity contribution in [3.05, 3.63) is 11.1 Å². The molecule has 0 aromatic heterocycles. The van der Waals surface area contributed by atoms with E-state index in [2.05, 4.69) is 6.92 Å². The molecule has 4 heteroatoms. The molecule has 0 amide bonds. The minimum Gasteiger partial charge on any atom is -0.481 e. The van der Waals surface area contributed by atoms with Crippen molar-refractivity contribution in [2.75, 3.05) is 0 Å². The van der Waals surface area contributed by atoms with Crippen molar-refractivity contribution in [1.29, 1.82) is 0 Å². The summed E-state index contributed by atoms with van der Waals surface area (Å²) in [6.45, 7) is 5.99. The zero-order valence-corrected chi connectivity index (χ0v) is 16.3. The molecular formula is C21H36O4. The molecule has 0 saturated heterocycles. The molecule has 1 aliphatic carbocycles. The van der Waals surface area contributed by atoms with Gasteiger partial charge in [0, 0.05) is 0 Å². The number of hydrogen-bond donors (Lipinski definition) is 2. The van der Waals surface area contributed by atoms with E-state index in [0.29, 0.717) is 12.8 Å². The van der Waals surface area contributed by atoms with E-state index >= 15 is 0 Å². The standard InChI is InChI=1S/C21H36O4/c1-4-6-9-12-16(3)18(19(22)23)21(20(24)25,15-7-5-2)17-13-10-8-11-14-17/h17H,4-15H2,1-3H3,(H,22,23)(H,24,25). The lowest BCUT2D eigenvalue weighted by Gasteiger charge is -2.41. The normalized spacial score (nSPS) is 19.2. The third kappa shape index (κ3) is 5.32. The number of carboxylic acids is 2. The zero-order chi connectivity index (χ0) is 18.9. The lowest BCUT2D eigenvalue weighted by molar-refractivity contribution is -0.155. The van der Waals surface area contributed by atoms with Crippen molar-refractivity contribution in [1.82, 2.24) is 0 Å². The summed E-state index contributed by atoms with van der Waals surface area (Å²) in [7, 11) is 0. The van der Waals surface area contributed by atoms with E-state index in [4.69, 9.17) is 0 Å². The Kier molecular flexibility index (Phi) is 9.23. The molecule has 1 aliphatic rings. The van der Waals surface area contributed by atoms with Crippen molar-refractivity contribution >= 4 is 11.9 Å². The Labute approximate surface area is 152 Å². The summed E-state index contributed by atoms with van der Waals surface area (Å²) in [5, 5.41) is 20.2. The Hall–Kier alpha value is -1.32. The van der Waals surface area contributed by atoms with Crippen molar-refractivity contribution in [3.8, 4) is 0 Å². The Morgan fingerprint density at radius 1 is 0.960 bits per heavy atom. The molecule has 25 heavy (non-hydrogen) atoms. The van der Waals surface area contributed by atoms with Gasteiger partial charge >= 0.3 is 11.9 Å². The minimum absolute atomic E-state index is 0.0578. The van der Waals surface area contributed by atoms with Gasteiger partial charge in [0.2, 0.25) is 0 Å². The van der Waals surface area contributed by atoms with Gasteiger partial charge in [-0.05, 0) is 44.9 Å². The van der Waals surface area contributed by atoms with Gasteiger partial charge < -0.3 is 10.2 Å². The van der Waals surface area contributed by atoms with Crippen LogP contribution >= 0.6 is 0 Å². The number of aliphatic carboxylic acids is 2. The van der Waals surface area contributed by atoms with Crippen LogP contribution in [0.25, 0.3) is 0 Å². The summed E-state index contributed by atoms with van der Waals surface area (Å²) in [5.74, 6) is -2.02. The monoisotopic (exact) mass is 352 g/mol. The molecule has 0 radical (unpaired) electrons. The molecule has 2 N–H and O–H groups in total. The van der Waals surface area contributed by atoms with Gasteiger partial charge in [-0.25, -0.2) is 4.79 Å².